The van der Waals surface area contributed by atoms with Crippen molar-refractivity contribution in [3.8, 4) is 0 Å². The smallest absolute Gasteiger partial charge is 0.126 e. The Bertz CT molecular complexity index is 859. The third-order valence-electron chi connectivity index (χ3n) is 3.90. The minimum absolute atomic E-state index is 0.231. The molecule has 2 heteroatoms. The van der Waals surface area contributed by atoms with Gasteiger partial charge in [-0.15, -0.1) is 0 Å². The van der Waals surface area contributed by atoms with Crippen LogP contribution >= 0.6 is 11.6 Å². The largest absolute Gasteiger partial charge is 0.207 e. The molecule has 0 saturated carbocycles. The molecule has 110 valence electrons. The molecule has 3 rings (SSSR count). The van der Waals surface area contributed by atoms with Gasteiger partial charge in [0.05, 0.1) is 0 Å². The zero-order valence-electron chi connectivity index (χ0n) is 12.4. The summed E-state index contributed by atoms with van der Waals surface area (Å²) in [5.74, 6) is -0.231. The van der Waals surface area contributed by atoms with Crippen LogP contribution in [0.2, 0.25) is 5.02 Å². The van der Waals surface area contributed by atoms with Crippen LogP contribution in [0.25, 0.3) is 16.3 Å². The monoisotopic (exact) mass is 310 g/mol. The first-order valence-electron chi connectivity index (χ1n) is 7.16. The molecule has 3 aromatic carbocycles. The second-order valence-electron chi connectivity index (χ2n) is 5.50. The van der Waals surface area contributed by atoms with E-state index >= 15 is 0 Å². The standard InChI is InChI=1S/C20H16ClF/c1-13(10-16-12-20(22)14(2)11-19(16)21)17-9-5-7-15-6-3-4-8-18(15)17/h3-9,11-12H,1,10H2,2H3. The van der Waals surface area contributed by atoms with Crippen molar-refractivity contribution in [2.75, 3.05) is 0 Å². The van der Waals surface area contributed by atoms with Gasteiger partial charge in [-0.25, -0.2) is 4.39 Å². The summed E-state index contributed by atoms with van der Waals surface area (Å²) in [6.45, 7) is 5.90. The number of aryl methyl sites for hydroxylation is 1. The summed E-state index contributed by atoms with van der Waals surface area (Å²) in [5, 5.41) is 2.90. The topological polar surface area (TPSA) is 0 Å². The molecule has 0 N–H and O–H groups in total. The lowest BCUT2D eigenvalue weighted by molar-refractivity contribution is 0.617. The minimum Gasteiger partial charge on any atom is -0.207 e. The van der Waals surface area contributed by atoms with Gasteiger partial charge in [0.2, 0.25) is 0 Å². The minimum atomic E-state index is -0.231. The average Bonchev–Trinajstić information content (AvgIpc) is 2.52. The number of hydrogen-bond acceptors (Lipinski definition) is 0. The van der Waals surface area contributed by atoms with Crippen LogP contribution < -0.4 is 0 Å². The molecule has 22 heavy (non-hydrogen) atoms. The number of halogens is 2. The van der Waals surface area contributed by atoms with E-state index in [4.69, 9.17) is 11.6 Å². The van der Waals surface area contributed by atoms with Crippen molar-refractivity contribution >= 4 is 27.9 Å². The van der Waals surface area contributed by atoms with Gasteiger partial charge in [-0.3, -0.25) is 0 Å². The fourth-order valence-electron chi connectivity index (χ4n) is 2.68. The lowest BCUT2D eigenvalue weighted by atomic mass is 9.94. The summed E-state index contributed by atoms with van der Waals surface area (Å²) in [7, 11) is 0. The molecule has 0 nitrogen and oxygen atoms in total. The van der Waals surface area contributed by atoms with Crippen molar-refractivity contribution in [3.63, 3.8) is 0 Å². The maximum absolute atomic E-state index is 13.8. The van der Waals surface area contributed by atoms with Crippen molar-refractivity contribution < 1.29 is 4.39 Å². The predicted octanol–water partition coefficient (Wildman–Crippen LogP) is 6.20. The maximum Gasteiger partial charge on any atom is 0.126 e. The summed E-state index contributed by atoms with van der Waals surface area (Å²) in [5.41, 5.74) is 3.34. The van der Waals surface area contributed by atoms with E-state index in [1.165, 1.54) is 11.5 Å². The Kier molecular flexibility index (Phi) is 4.00. The van der Waals surface area contributed by atoms with E-state index in [2.05, 4.69) is 24.8 Å². The lowest BCUT2D eigenvalue weighted by Gasteiger charge is -2.12. The lowest BCUT2D eigenvalue weighted by Crippen LogP contribution is -1.95. The predicted molar refractivity (Wildman–Crippen MR) is 92.8 cm³/mol. The Morgan fingerprint density at radius 2 is 1.82 bits per heavy atom. The number of allylic oxidation sites excluding steroid dienone is 1. The average molecular weight is 311 g/mol. The first-order chi connectivity index (χ1) is 10.6. The van der Waals surface area contributed by atoms with Gasteiger partial charge in [-0.05, 0) is 58.5 Å². The molecule has 0 aromatic heterocycles. The highest BCUT2D eigenvalue weighted by molar-refractivity contribution is 6.31. The molecule has 0 radical (unpaired) electrons. The molecule has 0 atom stereocenters. The molecule has 0 aliphatic carbocycles. The molecule has 0 heterocycles. The second-order valence-corrected chi connectivity index (χ2v) is 5.91. The Morgan fingerprint density at radius 3 is 2.64 bits per heavy atom. The van der Waals surface area contributed by atoms with Crippen LogP contribution in [0, 0.1) is 12.7 Å². The molecular weight excluding hydrogens is 295 g/mol. The van der Waals surface area contributed by atoms with Crippen LogP contribution in [-0.2, 0) is 6.42 Å². The van der Waals surface area contributed by atoms with Gasteiger partial charge in [0.1, 0.15) is 5.82 Å². The Balaban J connectivity index is 1.99. The van der Waals surface area contributed by atoms with E-state index in [9.17, 15) is 4.39 Å². The molecule has 0 aliphatic rings. The highest BCUT2D eigenvalue weighted by Crippen LogP contribution is 2.29. The van der Waals surface area contributed by atoms with Crippen molar-refractivity contribution in [3.05, 3.63) is 88.7 Å². The van der Waals surface area contributed by atoms with Crippen LogP contribution in [0.15, 0.2) is 61.2 Å². The fourth-order valence-corrected chi connectivity index (χ4v) is 2.97. The Labute approximate surface area is 134 Å². The van der Waals surface area contributed by atoms with Crippen molar-refractivity contribution in [1.82, 2.24) is 0 Å². The molecular formula is C20H16ClF. The van der Waals surface area contributed by atoms with E-state index in [1.54, 1.807) is 13.0 Å². The summed E-state index contributed by atoms with van der Waals surface area (Å²) in [6, 6.07) is 17.5. The van der Waals surface area contributed by atoms with Gasteiger partial charge in [-0.2, -0.15) is 0 Å². The van der Waals surface area contributed by atoms with Gasteiger partial charge >= 0.3 is 0 Å². The Hall–Kier alpha value is -2.12. The molecule has 0 spiro atoms. The van der Waals surface area contributed by atoms with Gasteiger partial charge in [0.15, 0.2) is 0 Å². The number of benzene rings is 3. The normalized spacial score (nSPS) is 10.9. The second kappa shape index (κ2) is 5.94. The molecule has 0 amide bonds. The summed E-state index contributed by atoms with van der Waals surface area (Å²) < 4.78 is 13.8. The van der Waals surface area contributed by atoms with Gasteiger partial charge in [0.25, 0.3) is 0 Å². The fraction of sp³-hybridized carbons (Fsp3) is 0.100. The van der Waals surface area contributed by atoms with Crippen molar-refractivity contribution in [1.29, 1.82) is 0 Å². The van der Waals surface area contributed by atoms with Crippen molar-refractivity contribution in [2.24, 2.45) is 0 Å². The Morgan fingerprint density at radius 1 is 1.09 bits per heavy atom. The summed E-state index contributed by atoms with van der Waals surface area (Å²) in [6.07, 6.45) is 0.532. The number of hydrogen-bond donors (Lipinski definition) is 0. The van der Waals surface area contributed by atoms with Crippen LogP contribution in [-0.4, -0.2) is 0 Å². The highest BCUT2D eigenvalue weighted by Gasteiger charge is 2.10. The van der Waals surface area contributed by atoms with E-state index in [-0.39, 0.29) is 5.82 Å². The van der Waals surface area contributed by atoms with E-state index < -0.39 is 0 Å². The van der Waals surface area contributed by atoms with E-state index in [0.29, 0.717) is 17.0 Å². The van der Waals surface area contributed by atoms with Crippen LogP contribution in [0.1, 0.15) is 16.7 Å². The van der Waals surface area contributed by atoms with Crippen LogP contribution in [0.5, 0.6) is 0 Å². The zero-order chi connectivity index (χ0) is 15.7. The van der Waals surface area contributed by atoms with Crippen LogP contribution in [0.3, 0.4) is 0 Å². The van der Waals surface area contributed by atoms with Gasteiger partial charge in [-0.1, -0.05) is 60.6 Å². The molecule has 0 fully saturated rings. The molecule has 0 saturated heterocycles. The molecule has 3 aromatic rings. The van der Waals surface area contributed by atoms with E-state index in [1.807, 2.05) is 24.3 Å². The quantitative estimate of drug-likeness (QED) is 0.540. The first kappa shape index (κ1) is 14.8. The zero-order valence-corrected chi connectivity index (χ0v) is 13.1. The van der Waals surface area contributed by atoms with Gasteiger partial charge < -0.3 is 0 Å². The molecule has 0 bridgehead atoms. The third kappa shape index (κ3) is 2.77. The molecule has 0 unspecified atom stereocenters. The SMILES string of the molecule is C=C(Cc1cc(F)c(C)cc1Cl)c1cccc2ccccc12. The van der Waals surface area contributed by atoms with Crippen molar-refractivity contribution in [2.45, 2.75) is 13.3 Å². The number of rotatable bonds is 3. The summed E-state index contributed by atoms with van der Waals surface area (Å²) >= 11 is 6.24. The highest BCUT2D eigenvalue weighted by atomic mass is 35.5. The number of fused-ring (bicyclic) bond motifs is 1. The van der Waals surface area contributed by atoms with Crippen LogP contribution in [0.4, 0.5) is 4.39 Å². The first-order valence-corrected chi connectivity index (χ1v) is 7.54. The third-order valence-corrected chi connectivity index (χ3v) is 4.25. The maximum atomic E-state index is 13.8. The molecule has 0 aliphatic heterocycles. The van der Waals surface area contributed by atoms with Gasteiger partial charge in [0, 0.05) is 5.02 Å². The van der Waals surface area contributed by atoms with E-state index in [0.717, 1.165) is 22.1 Å². The summed E-state index contributed by atoms with van der Waals surface area (Å²) in [4.78, 5) is 0.